The first-order chi connectivity index (χ1) is 12.2. The van der Waals surface area contributed by atoms with Crippen LogP contribution in [0.4, 0.5) is 4.79 Å². The lowest BCUT2D eigenvalue weighted by Gasteiger charge is -2.34. The van der Waals surface area contributed by atoms with E-state index in [2.05, 4.69) is 5.32 Å². The van der Waals surface area contributed by atoms with Crippen LogP contribution >= 0.6 is 11.3 Å². The fourth-order valence-electron chi connectivity index (χ4n) is 2.51. The Morgan fingerprint density at radius 3 is 2.27 bits per heavy atom. The Morgan fingerprint density at radius 2 is 1.77 bits per heavy atom. The quantitative estimate of drug-likeness (QED) is 0.781. The second kappa shape index (κ2) is 7.88. The van der Waals surface area contributed by atoms with E-state index in [9.17, 15) is 14.7 Å². The summed E-state index contributed by atoms with van der Waals surface area (Å²) in [5.41, 5.74) is -2.53. The largest absolute Gasteiger partial charge is 0.467 e. The van der Waals surface area contributed by atoms with E-state index < -0.39 is 29.3 Å². The summed E-state index contributed by atoms with van der Waals surface area (Å²) in [4.78, 5) is 25.5. The highest BCUT2D eigenvalue weighted by Crippen LogP contribution is 2.38. The van der Waals surface area contributed by atoms with Crippen molar-refractivity contribution in [2.75, 3.05) is 7.11 Å². The number of aliphatic hydroxyl groups is 1. The van der Waals surface area contributed by atoms with Gasteiger partial charge in [0.05, 0.1) is 7.11 Å². The Hall–Kier alpha value is -2.38. The highest BCUT2D eigenvalue weighted by molar-refractivity contribution is 7.10. The molecule has 2 atom stereocenters. The van der Waals surface area contributed by atoms with Crippen LogP contribution in [0.5, 0.6) is 0 Å². The summed E-state index contributed by atoms with van der Waals surface area (Å²) in [6.45, 7) is 5.20. The van der Waals surface area contributed by atoms with Gasteiger partial charge < -0.3 is 19.9 Å². The van der Waals surface area contributed by atoms with Gasteiger partial charge in [0.15, 0.2) is 0 Å². The predicted molar refractivity (Wildman–Crippen MR) is 98.8 cm³/mol. The van der Waals surface area contributed by atoms with Crippen LogP contribution < -0.4 is 5.32 Å². The number of nitrogens with one attached hydrogen (secondary N) is 1. The van der Waals surface area contributed by atoms with Crippen molar-refractivity contribution in [2.45, 2.75) is 38.0 Å². The number of hydrogen-bond acceptors (Lipinski definition) is 6. The van der Waals surface area contributed by atoms with E-state index in [0.29, 0.717) is 10.4 Å². The number of thiophene rings is 1. The van der Waals surface area contributed by atoms with Gasteiger partial charge in [0.25, 0.3) is 0 Å². The zero-order chi connectivity index (χ0) is 19.4. The molecule has 0 aliphatic heterocycles. The van der Waals surface area contributed by atoms with E-state index in [-0.39, 0.29) is 0 Å². The SMILES string of the molecule is COC(=O)[C@@](O)(c1ccccc1)[C@@H](NC(=O)OC(C)(C)C)c1cccs1. The summed E-state index contributed by atoms with van der Waals surface area (Å²) in [5, 5.41) is 15.8. The van der Waals surface area contributed by atoms with Gasteiger partial charge in [0, 0.05) is 4.88 Å². The fraction of sp³-hybridized carbons (Fsp3) is 0.368. The van der Waals surface area contributed by atoms with E-state index in [1.165, 1.54) is 18.4 Å². The number of rotatable bonds is 5. The Bertz CT molecular complexity index is 739. The van der Waals surface area contributed by atoms with E-state index in [0.717, 1.165) is 0 Å². The molecule has 0 aliphatic rings. The number of amides is 1. The van der Waals surface area contributed by atoms with Crippen molar-refractivity contribution in [3.63, 3.8) is 0 Å². The number of carbonyl (C=O) groups excluding carboxylic acids is 2. The van der Waals surface area contributed by atoms with Gasteiger partial charge in [-0.15, -0.1) is 11.3 Å². The summed E-state index contributed by atoms with van der Waals surface area (Å²) in [5.74, 6) is -0.877. The Morgan fingerprint density at radius 1 is 1.12 bits per heavy atom. The molecule has 7 heteroatoms. The van der Waals surface area contributed by atoms with E-state index in [4.69, 9.17) is 9.47 Å². The van der Waals surface area contributed by atoms with Crippen molar-refractivity contribution in [1.29, 1.82) is 0 Å². The Labute approximate surface area is 156 Å². The maximum absolute atomic E-state index is 12.6. The number of carbonyl (C=O) groups is 2. The molecular weight excluding hydrogens is 354 g/mol. The number of ether oxygens (including phenoxy) is 2. The molecule has 0 bridgehead atoms. The topological polar surface area (TPSA) is 84.9 Å². The number of alkyl carbamates (subject to hydrolysis) is 1. The van der Waals surface area contributed by atoms with Gasteiger partial charge in [-0.1, -0.05) is 36.4 Å². The van der Waals surface area contributed by atoms with Gasteiger partial charge in [-0.3, -0.25) is 0 Å². The molecule has 1 heterocycles. The van der Waals surface area contributed by atoms with Crippen molar-refractivity contribution in [3.8, 4) is 0 Å². The van der Waals surface area contributed by atoms with E-state index in [1.54, 1.807) is 68.6 Å². The van der Waals surface area contributed by atoms with Crippen molar-refractivity contribution in [1.82, 2.24) is 5.32 Å². The molecule has 0 fully saturated rings. The average molecular weight is 377 g/mol. The molecule has 1 aromatic carbocycles. The van der Waals surface area contributed by atoms with Gasteiger partial charge >= 0.3 is 12.1 Å². The van der Waals surface area contributed by atoms with Crippen LogP contribution in [0.1, 0.15) is 37.3 Å². The van der Waals surface area contributed by atoms with Crippen LogP contribution in [0.3, 0.4) is 0 Å². The van der Waals surface area contributed by atoms with Crippen LogP contribution in [0.2, 0.25) is 0 Å². The minimum Gasteiger partial charge on any atom is -0.467 e. The third-order valence-electron chi connectivity index (χ3n) is 3.62. The lowest BCUT2D eigenvalue weighted by Crippen LogP contribution is -2.50. The molecule has 0 saturated carbocycles. The van der Waals surface area contributed by atoms with Crippen LogP contribution in [-0.2, 0) is 19.9 Å². The third-order valence-corrected chi connectivity index (χ3v) is 4.55. The number of benzene rings is 1. The van der Waals surface area contributed by atoms with Crippen molar-refractivity contribution in [3.05, 3.63) is 58.3 Å². The van der Waals surface area contributed by atoms with Crippen LogP contribution in [0, 0.1) is 0 Å². The molecule has 2 rings (SSSR count). The standard InChI is InChI=1S/C19H23NO5S/c1-18(2,3)25-17(22)20-15(14-11-8-12-26-14)19(23,16(21)24-4)13-9-6-5-7-10-13/h5-12,15,23H,1-4H3,(H,20,22)/t15-,19+/m0/s1. The molecule has 0 spiro atoms. The average Bonchev–Trinajstić information content (AvgIpc) is 3.11. The molecule has 2 N–H and O–H groups in total. The van der Waals surface area contributed by atoms with Crippen molar-refractivity contribution >= 4 is 23.4 Å². The molecule has 0 radical (unpaired) electrons. The summed E-state index contributed by atoms with van der Waals surface area (Å²) in [6, 6.07) is 10.8. The van der Waals surface area contributed by atoms with Crippen LogP contribution in [0.25, 0.3) is 0 Å². The maximum Gasteiger partial charge on any atom is 0.408 e. The minimum absolute atomic E-state index is 0.307. The monoisotopic (exact) mass is 377 g/mol. The molecule has 0 aliphatic carbocycles. The highest BCUT2D eigenvalue weighted by Gasteiger charge is 2.49. The molecule has 2 aromatic rings. The zero-order valence-corrected chi connectivity index (χ0v) is 16.0. The molecule has 0 unspecified atom stereocenters. The molecule has 1 amide bonds. The minimum atomic E-state index is -2.11. The lowest BCUT2D eigenvalue weighted by molar-refractivity contribution is -0.167. The predicted octanol–water partition coefficient (Wildman–Crippen LogP) is 3.37. The summed E-state index contributed by atoms with van der Waals surface area (Å²) >= 11 is 1.30. The van der Waals surface area contributed by atoms with Crippen molar-refractivity contribution in [2.24, 2.45) is 0 Å². The fourth-order valence-corrected chi connectivity index (χ4v) is 3.35. The number of hydrogen-bond donors (Lipinski definition) is 2. The second-order valence-corrected chi connectivity index (χ2v) is 7.70. The van der Waals surface area contributed by atoms with E-state index in [1.807, 2.05) is 0 Å². The van der Waals surface area contributed by atoms with Gasteiger partial charge in [-0.05, 0) is 37.8 Å². The molecule has 6 nitrogen and oxygen atoms in total. The Kier molecular flexibility index (Phi) is 6.05. The Balaban J connectivity index is 2.50. The second-order valence-electron chi connectivity index (χ2n) is 6.72. The molecule has 26 heavy (non-hydrogen) atoms. The smallest absolute Gasteiger partial charge is 0.408 e. The molecular formula is C19H23NO5S. The maximum atomic E-state index is 12.6. The van der Waals surface area contributed by atoms with Gasteiger partial charge in [-0.25, -0.2) is 9.59 Å². The lowest BCUT2D eigenvalue weighted by atomic mass is 9.85. The highest BCUT2D eigenvalue weighted by atomic mass is 32.1. The first-order valence-electron chi connectivity index (χ1n) is 8.07. The van der Waals surface area contributed by atoms with Gasteiger partial charge in [-0.2, -0.15) is 0 Å². The molecule has 1 aromatic heterocycles. The number of esters is 1. The zero-order valence-electron chi connectivity index (χ0n) is 15.2. The number of methoxy groups -OCH3 is 1. The summed E-state index contributed by atoms with van der Waals surface area (Å²) in [6.07, 6.45) is -0.742. The first kappa shape index (κ1) is 19.9. The normalized spacial score (nSPS) is 14.8. The van der Waals surface area contributed by atoms with Gasteiger partial charge in [0.2, 0.25) is 5.60 Å². The third kappa shape index (κ3) is 4.42. The van der Waals surface area contributed by atoms with Crippen molar-refractivity contribution < 1.29 is 24.2 Å². The first-order valence-corrected chi connectivity index (χ1v) is 8.95. The van der Waals surface area contributed by atoms with Crippen LogP contribution in [-0.4, -0.2) is 29.9 Å². The van der Waals surface area contributed by atoms with Gasteiger partial charge in [0.1, 0.15) is 11.6 Å². The van der Waals surface area contributed by atoms with Crippen LogP contribution in [0.15, 0.2) is 47.8 Å². The summed E-state index contributed by atoms with van der Waals surface area (Å²) in [7, 11) is 1.19. The molecule has 140 valence electrons. The summed E-state index contributed by atoms with van der Waals surface area (Å²) < 4.78 is 10.2. The molecule has 0 saturated heterocycles. The van der Waals surface area contributed by atoms with E-state index >= 15 is 0 Å².